The summed E-state index contributed by atoms with van der Waals surface area (Å²) in [4.78, 5) is 11.2. The number of carbonyl (C=O) groups excluding carboxylic acids is 1. The Kier molecular flexibility index (Phi) is 3.33. The van der Waals surface area contributed by atoms with E-state index in [0.717, 1.165) is 4.47 Å². The van der Waals surface area contributed by atoms with Gasteiger partial charge in [-0.15, -0.1) is 0 Å². The molecule has 1 rings (SSSR count). The highest BCUT2D eigenvalue weighted by atomic mass is 79.9. The quantitative estimate of drug-likeness (QED) is 0.641. The number of carbonyl (C=O) groups is 1. The van der Waals surface area contributed by atoms with Gasteiger partial charge in [-0.1, -0.05) is 0 Å². The molecule has 0 fully saturated rings. The standard InChI is InChI=1S/C8H7Br2NO2/c1-13-8(12)5-2-4(11)3-6(9)7(5)10/h2-3H,11H2,1H3. The zero-order valence-corrected chi connectivity index (χ0v) is 9.98. The highest BCUT2D eigenvalue weighted by molar-refractivity contribution is 9.13. The molecule has 0 bridgehead atoms. The average molecular weight is 309 g/mol. The van der Waals surface area contributed by atoms with Crippen LogP contribution < -0.4 is 5.73 Å². The van der Waals surface area contributed by atoms with Crippen molar-refractivity contribution in [3.05, 3.63) is 26.6 Å². The highest BCUT2D eigenvalue weighted by Gasteiger charge is 2.13. The molecule has 0 heterocycles. The van der Waals surface area contributed by atoms with Crippen molar-refractivity contribution >= 4 is 43.5 Å². The third-order valence-electron chi connectivity index (χ3n) is 1.46. The number of rotatable bonds is 1. The molecule has 0 radical (unpaired) electrons. The molecule has 0 unspecified atom stereocenters. The molecule has 13 heavy (non-hydrogen) atoms. The maximum absolute atomic E-state index is 11.2. The lowest BCUT2D eigenvalue weighted by molar-refractivity contribution is 0.0599. The molecule has 0 aliphatic carbocycles. The SMILES string of the molecule is COC(=O)c1cc(N)cc(Br)c1Br. The first-order chi connectivity index (χ1) is 6.06. The first-order valence-corrected chi connectivity index (χ1v) is 4.97. The van der Waals surface area contributed by atoms with Crippen molar-refractivity contribution in [1.29, 1.82) is 0 Å². The largest absolute Gasteiger partial charge is 0.465 e. The lowest BCUT2D eigenvalue weighted by atomic mass is 10.2. The number of esters is 1. The molecule has 0 saturated heterocycles. The van der Waals surface area contributed by atoms with Crippen LogP contribution >= 0.6 is 31.9 Å². The van der Waals surface area contributed by atoms with Crippen LogP contribution in [0.25, 0.3) is 0 Å². The minimum absolute atomic E-state index is 0.411. The number of hydrogen-bond acceptors (Lipinski definition) is 3. The molecule has 0 atom stereocenters. The van der Waals surface area contributed by atoms with E-state index in [-0.39, 0.29) is 0 Å². The zero-order chi connectivity index (χ0) is 10.0. The molecule has 0 spiro atoms. The Hall–Kier alpha value is -0.550. The predicted molar refractivity (Wildman–Crippen MR) is 57.6 cm³/mol. The maximum atomic E-state index is 11.2. The summed E-state index contributed by atoms with van der Waals surface area (Å²) in [7, 11) is 1.33. The van der Waals surface area contributed by atoms with Crippen molar-refractivity contribution in [2.24, 2.45) is 0 Å². The fourth-order valence-electron chi connectivity index (χ4n) is 0.869. The molecular weight excluding hydrogens is 302 g/mol. The third-order valence-corrected chi connectivity index (χ3v) is 3.47. The number of nitrogen functional groups attached to an aromatic ring is 1. The Labute approximate surface area is 92.5 Å². The molecule has 70 valence electrons. The van der Waals surface area contributed by atoms with E-state index in [1.807, 2.05) is 0 Å². The van der Waals surface area contributed by atoms with E-state index >= 15 is 0 Å². The van der Waals surface area contributed by atoms with E-state index in [4.69, 9.17) is 5.73 Å². The molecule has 1 aromatic rings. The van der Waals surface area contributed by atoms with Gasteiger partial charge in [0.15, 0.2) is 0 Å². The summed E-state index contributed by atoms with van der Waals surface area (Å²) in [5, 5.41) is 0. The van der Waals surface area contributed by atoms with Gasteiger partial charge in [0, 0.05) is 14.6 Å². The van der Waals surface area contributed by atoms with Crippen LogP contribution in [0.5, 0.6) is 0 Å². The number of nitrogens with two attached hydrogens (primary N) is 1. The van der Waals surface area contributed by atoms with Crippen molar-refractivity contribution in [2.75, 3.05) is 12.8 Å². The Morgan fingerprint density at radius 1 is 1.46 bits per heavy atom. The van der Waals surface area contributed by atoms with Crippen LogP contribution in [0.2, 0.25) is 0 Å². The summed E-state index contributed by atoms with van der Waals surface area (Å²) in [6.45, 7) is 0. The van der Waals surface area contributed by atoms with Crippen LogP contribution in [0.1, 0.15) is 10.4 Å². The van der Waals surface area contributed by atoms with E-state index in [1.54, 1.807) is 12.1 Å². The van der Waals surface area contributed by atoms with Gasteiger partial charge in [-0.05, 0) is 44.0 Å². The van der Waals surface area contributed by atoms with Crippen LogP contribution in [0.3, 0.4) is 0 Å². The summed E-state index contributed by atoms with van der Waals surface area (Å²) < 4.78 is 5.96. The highest BCUT2D eigenvalue weighted by Crippen LogP contribution is 2.29. The van der Waals surface area contributed by atoms with Crippen LogP contribution in [0.15, 0.2) is 21.1 Å². The fraction of sp³-hybridized carbons (Fsp3) is 0.125. The molecule has 0 amide bonds. The molecule has 0 saturated carbocycles. The summed E-state index contributed by atoms with van der Waals surface area (Å²) in [6.07, 6.45) is 0. The van der Waals surface area contributed by atoms with E-state index in [0.29, 0.717) is 15.7 Å². The maximum Gasteiger partial charge on any atom is 0.339 e. The number of ether oxygens (including phenoxy) is 1. The van der Waals surface area contributed by atoms with Gasteiger partial charge >= 0.3 is 5.97 Å². The lowest BCUT2D eigenvalue weighted by Gasteiger charge is -2.05. The van der Waals surface area contributed by atoms with Gasteiger partial charge in [-0.3, -0.25) is 0 Å². The van der Waals surface area contributed by atoms with Crippen LogP contribution in [-0.4, -0.2) is 13.1 Å². The molecule has 2 N–H and O–H groups in total. The molecule has 0 aromatic heterocycles. The van der Waals surface area contributed by atoms with E-state index in [2.05, 4.69) is 36.6 Å². The van der Waals surface area contributed by atoms with Crippen molar-refractivity contribution in [1.82, 2.24) is 0 Å². The van der Waals surface area contributed by atoms with Crippen LogP contribution in [0.4, 0.5) is 5.69 Å². The Balaban J connectivity index is 3.28. The van der Waals surface area contributed by atoms with Gasteiger partial charge in [0.2, 0.25) is 0 Å². The Morgan fingerprint density at radius 3 is 2.62 bits per heavy atom. The van der Waals surface area contributed by atoms with Crippen LogP contribution in [-0.2, 0) is 4.74 Å². The van der Waals surface area contributed by atoms with E-state index in [1.165, 1.54) is 7.11 Å². The van der Waals surface area contributed by atoms with Gasteiger partial charge in [-0.25, -0.2) is 4.79 Å². The second kappa shape index (κ2) is 4.11. The molecule has 5 heteroatoms. The molecular formula is C8H7Br2NO2. The first kappa shape index (κ1) is 10.5. The second-order valence-electron chi connectivity index (χ2n) is 2.36. The normalized spacial score (nSPS) is 9.77. The summed E-state index contributed by atoms with van der Waals surface area (Å²) in [5.41, 5.74) is 6.48. The molecule has 1 aromatic carbocycles. The number of hydrogen-bond donors (Lipinski definition) is 1. The summed E-state index contributed by atoms with van der Waals surface area (Å²) in [5.74, 6) is -0.417. The minimum Gasteiger partial charge on any atom is -0.465 e. The smallest absolute Gasteiger partial charge is 0.339 e. The zero-order valence-electron chi connectivity index (χ0n) is 6.80. The Bertz CT molecular complexity index is 352. The van der Waals surface area contributed by atoms with Gasteiger partial charge in [0.25, 0.3) is 0 Å². The number of halogens is 2. The van der Waals surface area contributed by atoms with Crippen molar-refractivity contribution in [2.45, 2.75) is 0 Å². The van der Waals surface area contributed by atoms with Crippen molar-refractivity contribution in [3.63, 3.8) is 0 Å². The number of methoxy groups -OCH3 is 1. The minimum atomic E-state index is -0.417. The Morgan fingerprint density at radius 2 is 2.08 bits per heavy atom. The van der Waals surface area contributed by atoms with Gasteiger partial charge in [-0.2, -0.15) is 0 Å². The second-order valence-corrected chi connectivity index (χ2v) is 4.00. The number of benzene rings is 1. The van der Waals surface area contributed by atoms with Gasteiger partial charge < -0.3 is 10.5 Å². The van der Waals surface area contributed by atoms with Crippen molar-refractivity contribution < 1.29 is 9.53 Å². The van der Waals surface area contributed by atoms with Gasteiger partial charge in [0.05, 0.1) is 12.7 Å². The molecule has 3 nitrogen and oxygen atoms in total. The monoisotopic (exact) mass is 307 g/mol. The lowest BCUT2D eigenvalue weighted by Crippen LogP contribution is -2.03. The number of anilines is 1. The van der Waals surface area contributed by atoms with Crippen LogP contribution in [0, 0.1) is 0 Å². The van der Waals surface area contributed by atoms with E-state index in [9.17, 15) is 4.79 Å². The van der Waals surface area contributed by atoms with E-state index < -0.39 is 5.97 Å². The summed E-state index contributed by atoms with van der Waals surface area (Å²) >= 11 is 6.51. The predicted octanol–water partition coefficient (Wildman–Crippen LogP) is 2.58. The fourth-order valence-corrected chi connectivity index (χ4v) is 1.74. The third kappa shape index (κ3) is 2.22. The average Bonchev–Trinajstić information content (AvgIpc) is 2.10. The topological polar surface area (TPSA) is 52.3 Å². The summed E-state index contributed by atoms with van der Waals surface area (Å²) in [6, 6.07) is 3.26. The molecule has 0 aliphatic heterocycles. The van der Waals surface area contributed by atoms with Gasteiger partial charge in [0.1, 0.15) is 0 Å². The van der Waals surface area contributed by atoms with Crippen molar-refractivity contribution in [3.8, 4) is 0 Å². The first-order valence-electron chi connectivity index (χ1n) is 3.39. The molecule has 0 aliphatic rings.